The van der Waals surface area contributed by atoms with Crippen LogP contribution in [0.4, 0.5) is 0 Å². The number of hydrogen-bond acceptors (Lipinski definition) is 4. The molecule has 1 fully saturated rings. The van der Waals surface area contributed by atoms with E-state index in [1.807, 2.05) is 19.1 Å². The van der Waals surface area contributed by atoms with E-state index in [1.165, 1.54) is 6.42 Å². The van der Waals surface area contributed by atoms with Crippen LogP contribution in [0.15, 0.2) is 30.3 Å². The molecule has 1 aromatic heterocycles. The predicted octanol–water partition coefficient (Wildman–Crippen LogP) is 2.92. The summed E-state index contributed by atoms with van der Waals surface area (Å²) in [7, 11) is 2.11. The molecule has 1 aromatic carbocycles. The molecule has 2 heterocycles. The number of nitrogens with zero attached hydrogens (tertiary/aromatic N) is 3. The molecule has 1 N–H and O–H groups in total. The van der Waals surface area contributed by atoms with Crippen molar-refractivity contribution in [1.82, 2.24) is 14.9 Å². The topological polar surface area (TPSA) is 66.3 Å². The first-order chi connectivity index (χ1) is 10.5. The van der Waals surface area contributed by atoms with Crippen LogP contribution in [0, 0.1) is 6.92 Å². The standard InChI is InChI=1S/C17H19N3O2/c1-11-18-14(12-5-3-6-13(9-12)17(21)22)10-15(19-11)16-7-4-8-20(16)2/h3,5-6,9-10,16H,4,7-8H2,1-2H3,(H,21,22). The van der Waals surface area contributed by atoms with Crippen LogP contribution in [0.25, 0.3) is 11.3 Å². The lowest BCUT2D eigenvalue weighted by atomic mass is 10.0. The molecule has 5 heteroatoms. The fourth-order valence-corrected chi connectivity index (χ4v) is 3.00. The Kier molecular flexibility index (Phi) is 3.90. The Bertz CT molecular complexity index is 715. The fraction of sp³-hybridized carbons (Fsp3) is 0.353. The molecule has 1 saturated heterocycles. The van der Waals surface area contributed by atoms with E-state index in [0.717, 1.165) is 29.9 Å². The molecule has 1 unspecified atom stereocenters. The summed E-state index contributed by atoms with van der Waals surface area (Å²) in [5.74, 6) is -0.211. The van der Waals surface area contributed by atoms with Crippen molar-refractivity contribution in [3.63, 3.8) is 0 Å². The minimum absolute atomic E-state index is 0.272. The van der Waals surface area contributed by atoms with Crippen LogP contribution < -0.4 is 0 Å². The zero-order chi connectivity index (χ0) is 15.7. The molecular formula is C17H19N3O2. The van der Waals surface area contributed by atoms with E-state index >= 15 is 0 Å². The van der Waals surface area contributed by atoms with Gasteiger partial charge in [-0.05, 0) is 51.6 Å². The van der Waals surface area contributed by atoms with Crippen LogP contribution in [0.2, 0.25) is 0 Å². The molecular weight excluding hydrogens is 278 g/mol. The van der Waals surface area contributed by atoms with Crippen LogP contribution in [0.5, 0.6) is 0 Å². The van der Waals surface area contributed by atoms with Gasteiger partial charge in [0.25, 0.3) is 0 Å². The Balaban J connectivity index is 2.02. The van der Waals surface area contributed by atoms with Crippen molar-refractivity contribution in [2.24, 2.45) is 0 Å². The second-order valence-electron chi connectivity index (χ2n) is 5.75. The van der Waals surface area contributed by atoms with Gasteiger partial charge in [-0.25, -0.2) is 14.8 Å². The first-order valence-electron chi connectivity index (χ1n) is 7.44. The first-order valence-corrected chi connectivity index (χ1v) is 7.44. The number of rotatable bonds is 3. The van der Waals surface area contributed by atoms with Gasteiger partial charge < -0.3 is 5.11 Å². The molecule has 5 nitrogen and oxygen atoms in total. The maximum absolute atomic E-state index is 11.1. The molecule has 0 saturated carbocycles. The van der Waals surface area contributed by atoms with Gasteiger partial charge in [-0.3, -0.25) is 4.90 Å². The van der Waals surface area contributed by atoms with Gasteiger partial charge in [0.1, 0.15) is 5.82 Å². The summed E-state index contributed by atoms with van der Waals surface area (Å²) in [6.07, 6.45) is 2.27. The van der Waals surface area contributed by atoms with Gasteiger partial charge in [-0.15, -0.1) is 0 Å². The van der Waals surface area contributed by atoms with Crippen molar-refractivity contribution in [1.29, 1.82) is 0 Å². The minimum Gasteiger partial charge on any atom is -0.478 e. The van der Waals surface area contributed by atoms with Gasteiger partial charge in [0.2, 0.25) is 0 Å². The lowest BCUT2D eigenvalue weighted by Crippen LogP contribution is -2.19. The van der Waals surface area contributed by atoms with Crippen molar-refractivity contribution in [2.75, 3.05) is 13.6 Å². The second kappa shape index (κ2) is 5.85. The quantitative estimate of drug-likeness (QED) is 0.943. The van der Waals surface area contributed by atoms with Gasteiger partial charge in [0.15, 0.2) is 0 Å². The summed E-state index contributed by atoms with van der Waals surface area (Å²) < 4.78 is 0. The van der Waals surface area contributed by atoms with Crippen molar-refractivity contribution in [3.8, 4) is 11.3 Å². The Morgan fingerprint density at radius 3 is 2.82 bits per heavy atom. The number of carbonyl (C=O) groups is 1. The Labute approximate surface area is 129 Å². The number of aryl methyl sites for hydroxylation is 1. The van der Waals surface area contributed by atoms with E-state index in [0.29, 0.717) is 11.9 Å². The average Bonchev–Trinajstić information content (AvgIpc) is 2.93. The Morgan fingerprint density at radius 2 is 2.14 bits per heavy atom. The summed E-state index contributed by atoms with van der Waals surface area (Å²) in [6.45, 7) is 2.96. The molecule has 3 rings (SSSR count). The molecule has 0 spiro atoms. The summed E-state index contributed by atoms with van der Waals surface area (Å²) in [5, 5.41) is 9.13. The highest BCUT2D eigenvalue weighted by Gasteiger charge is 2.24. The SMILES string of the molecule is Cc1nc(-c2cccc(C(=O)O)c2)cc(C2CCCN2C)n1. The van der Waals surface area contributed by atoms with E-state index < -0.39 is 5.97 Å². The molecule has 22 heavy (non-hydrogen) atoms. The van der Waals surface area contributed by atoms with Gasteiger partial charge in [-0.1, -0.05) is 12.1 Å². The molecule has 0 amide bonds. The molecule has 0 aliphatic carbocycles. The van der Waals surface area contributed by atoms with Gasteiger partial charge in [0.05, 0.1) is 23.0 Å². The molecule has 1 atom stereocenters. The highest BCUT2D eigenvalue weighted by molar-refractivity contribution is 5.89. The third kappa shape index (κ3) is 2.85. The minimum atomic E-state index is -0.927. The first kappa shape index (κ1) is 14.7. The van der Waals surface area contributed by atoms with Gasteiger partial charge in [-0.2, -0.15) is 0 Å². The zero-order valence-corrected chi connectivity index (χ0v) is 12.8. The summed E-state index contributed by atoms with van der Waals surface area (Å²) in [6, 6.07) is 9.19. The maximum Gasteiger partial charge on any atom is 0.335 e. The van der Waals surface area contributed by atoms with Crippen LogP contribution >= 0.6 is 0 Å². The molecule has 0 bridgehead atoms. The number of carboxylic acid groups (broad SMARTS) is 1. The summed E-state index contributed by atoms with van der Waals surface area (Å²) >= 11 is 0. The number of hydrogen-bond donors (Lipinski definition) is 1. The van der Waals surface area contributed by atoms with Crippen molar-refractivity contribution < 1.29 is 9.90 Å². The molecule has 1 aliphatic rings. The van der Waals surface area contributed by atoms with Crippen LogP contribution in [0.1, 0.15) is 40.8 Å². The van der Waals surface area contributed by atoms with Crippen molar-refractivity contribution in [2.45, 2.75) is 25.8 Å². The largest absolute Gasteiger partial charge is 0.478 e. The lowest BCUT2D eigenvalue weighted by molar-refractivity contribution is 0.0697. The number of aromatic carboxylic acids is 1. The maximum atomic E-state index is 11.1. The third-order valence-electron chi connectivity index (χ3n) is 4.12. The molecule has 0 radical (unpaired) electrons. The normalized spacial score (nSPS) is 18.5. The molecule has 114 valence electrons. The number of aromatic nitrogens is 2. The Hall–Kier alpha value is -2.27. The highest BCUT2D eigenvalue weighted by atomic mass is 16.4. The van der Waals surface area contributed by atoms with Crippen molar-refractivity contribution >= 4 is 5.97 Å². The molecule has 2 aromatic rings. The smallest absolute Gasteiger partial charge is 0.335 e. The van der Waals surface area contributed by atoms with E-state index in [1.54, 1.807) is 18.2 Å². The van der Waals surface area contributed by atoms with Crippen LogP contribution in [-0.2, 0) is 0 Å². The molecule has 1 aliphatic heterocycles. The predicted molar refractivity (Wildman–Crippen MR) is 83.8 cm³/mol. The van der Waals surface area contributed by atoms with E-state index in [2.05, 4.69) is 21.9 Å². The Morgan fingerprint density at radius 1 is 1.32 bits per heavy atom. The highest BCUT2D eigenvalue weighted by Crippen LogP contribution is 2.31. The van der Waals surface area contributed by atoms with Gasteiger partial charge in [0, 0.05) is 5.56 Å². The zero-order valence-electron chi connectivity index (χ0n) is 12.8. The summed E-state index contributed by atoms with van der Waals surface area (Å²) in [4.78, 5) is 22.5. The van der Waals surface area contributed by atoms with Crippen LogP contribution in [-0.4, -0.2) is 39.5 Å². The second-order valence-corrected chi connectivity index (χ2v) is 5.75. The lowest BCUT2D eigenvalue weighted by Gasteiger charge is -2.19. The van der Waals surface area contributed by atoms with Gasteiger partial charge >= 0.3 is 5.97 Å². The average molecular weight is 297 g/mol. The van der Waals surface area contributed by atoms with Crippen molar-refractivity contribution in [3.05, 3.63) is 47.4 Å². The fourth-order valence-electron chi connectivity index (χ4n) is 3.00. The number of carboxylic acids is 1. The van der Waals surface area contributed by atoms with E-state index in [-0.39, 0.29) is 5.56 Å². The monoisotopic (exact) mass is 297 g/mol. The number of likely N-dealkylation sites (tertiary alicyclic amines) is 1. The third-order valence-corrected chi connectivity index (χ3v) is 4.12. The van der Waals surface area contributed by atoms with E-state index in [9.17, 15) is 4.79 Å². The summed E-state index contributed by atoms with van der Waals surface area (Å²) in [5.41, 5.74) is 2.88. The van der Waals surface area contributed by atoms with Crippen LogP contribution in [0.3, 0.4) is 0 Å². The number of benzene rings is 1. The van der Waals surface area contributed by atoms with E-state index in [4.69, 9.17) is 5.11 Å².